The number of hydrogen-bond donors (Lipinski definition) is 4. The molecule has 0 spiro atoms. The Kier molecular flexibility index (Phi) is 12.0. The number of nitrogens with zero attached hydrogens (tertiary/aromatic N) is 2. The highest BCUT2D eigenvalue weighted by molar-refractivity contribution is 5.87. The van der Waals surface area contributed by atoms with Crippen molar-refractivity contribution in [1.82, 2.24) is 9.55 Å². The molecule has 9 nitrogen and oxygen atoms in total. The molecule has 1 saturated carbocycles. The Morgan fingerprint density at radius 3 is 2.34 bits per heavy atom. The highest BCUT2D eigenvalue weighted by Gasteiger charge is 2.45. The summed E-state index contributed by atoms with van der Waals surface area (Å²) >= 11 is 0. The topological polar surface area (TPSA) is 150 Å². The van der Waals surface area contributed by atoms with Crippen molar-refractivity contribution in [2.24, 2.45) is 17.8 Å². The van der Waals surface area contributed by atoms with E-state index in [0.717, 1.165) is 25.3 Å². The van der Waals surface area contributed by atoms with Crippen LogP contribution in [0, 0.1) is 24.2 Å². The number of hydrogen-bond acceptors (Lipinski definition) is 5. The molecule has 1 aromatic heterocycles. The first kappa shape index (κ1) is 27.6. The molecule has 181 valence electrons. The van der Waals surface area contributed by atoms with E-state index < -0.39 is 35.8 Å². The molecule has 0 aromatic carbocycles. The minimum atomic E-state index is -2.59. The smallest absolute Gasteiger partial charge is 0.336 e. The van der Waals surface area contributed by atoms with Crippen LogP contribution in [-0.2, 0) is 20.9 Å². The molecule has 9 heteroatoms. The van der Waals surface area contributed by atoms with Crippen molar-refractivity contribution in [3.05, 3.63) is 25.1 Å². The standard InChI is InChI=1S/C16H27N2.C7H10O7/c1-15(13-18-12-11-17-14-18)7-5-6-10-16-8-3-2-4-9-16;1-7(14,6(12)13)3(5(10)11)2-4(8)9/h5,11-12,14-16H,2-4,6-10,13H2,1H3;3,14H,2H2,1H3,(H,8,9)(H,10,11)(H,12,13). The summed E-state index contributed by atoms with van der Waals surface area (Å²) in [6, 6.07) is 0. The number of aliphatic hydroxyl groups is 1. The molecule has 1 fully saturated rings. The Bertz CT molecular complexity index is 697. The van der Waals surface area contributed by atoms with E-state index in [9.17, 15) is 19.5 Å². The normalized spacial score (nSPS) is 18.0. The van der Waals surface area contributed by atoms with Crippen molar-refractivity contribution in [3.63, 3.8) is 0 Å². The van der Waals surface area contributed by atoms with E-state index in [1.54, 1.807) is 0 Å². The zero-order valence-electron chi connectivity index (χ0n) is 19.0. The summed E-state index contributed by atoms with van der Waals surface area (Å²) in [6.07, 6.45) is 18.8. The van der Waals surface area contributed by atoms with E-state index in [1.807, 2.05) is 12.5 Å². The van der Waals surface area contributed by atoms with Gasteiger partial charge in [-0.05, 0) is 38.0 Å². The monoisotopic (exact) mass is 453 g/mol. The van der Waals surface area contributed by atoms with Crippen LogP contribution in [0.1, 0.15) is 71.6 Å². The molecule has 0 aliphatic heterocycles. The van der Waals surface area contributed by atoms with Crippen LogP contribution in [0.4, 0.5) is 0 Å². The van der Waals surface area contributed by atoms with E-state index in [2.05, 4.69) is 29.1 Å². The number of unbranched alkanes of at least 4 members (excludes halogenated alkanes) is 1. The van der Waals surface area contributed by atoms with Gasteiger partial charge in [-0.3, -0.25) is 9.59 Å². The first-order chi connectivity index (χ1) is 15.0. The molecular formula is C23H37N2O7. The Morgan fingerprint density at radius 2 is 1.84 bits per heavy atom. The SMILES string of the molecule is CC(C[CH]CCC1CCCCC1)Cn1ccnc1.CC(O)(C(=O)O)C(CC(=O)O)C(=O)O. The summed E-state index contributed by atoms with van der Waals surface area (Å²) in [4.78, 5) is 35.2. The Hall–Kier alpha value is -2.42. The summed E-state index contributed by atoms with van der Waals surface area (Å²) in [7, 11) is 0. The molecule has 1 radical (unpaired) electrons. The van der Waals surface area contributed by atoms with Crippen LogP contribution in [0.25, 0.3) is 0 Å². The van der Waals surface area contributed by atoms with Gasteiger partial charge in [-0.15, -0.1) is 0 Å². The van der Waals surface area contributed by atoms with Gasteiger partial charge in [0.2, 0.25) is 0 Å². The van der Waals surface area contributed by atoms with Gasteiger partial charge in [-0.2, -0.15) is 0 Å². The van der Waals surface area contributed by atoms with Crippen molar-refractivity contribution in [3.8, 4) is 0 Å². The average Bonchev–Trinajstić information content (AvgIpc) is 3.23. The number of carboxylic acids is 3. The highest BCUT2D eigenvalue weighted by Crippen LogP contribution is 2.28. The maximum absolute atomic E-state index is 10.5. The van der Waals surface area contributed by atoms with Crippen LogP contribution >= 0.6 is 0 Å². The summed E-state index contributed by atoms with van der Waals surface area (Å²) in [5.41, 5.74) is -2.59. The minimum Gasteiger partial charge on any atom is -0.481 e. The quantitative estimate of drug-likeness (QED) is 0.351. The van der Waals surface area contributed by atoms with Gasteiger partial charge in [-0.25, -0.2) is 9.78 Å². The molecule has 2 rings (SSSR count). The molecule has 4 N–H and O–H groups in total. The average molecular weight is 454 g/mol. The summed E-state index contributed by atoms with van der Waals surface area (Å²) < 4.78 is 2.18. The van der Waals surface area contributed by atoms with Crippen molar-refractivity contribution < 1.29 is 34.8 Å². The molecule has 3 unspecified atom stereocenters. The lowest BCUT2D eigenvalue weighted by Crippen LogP contribution is -2.47. The van der Waals surface area contributed by atoms with Crippen LogP contribution < -0.4 is 0 Å². The van der Waals surface area contributed by atoms with Crippen molar-refractivity contribution >= 4 is 17.9 Å². The lowest BCUT2D eigenvalue weighted by Gasteiger charge is -2.23. The molecule has 0 saturated heterocycles. The second kappa shape index (κ2) is 13.9. The fraction of sp³-hybridized carbons (Fsp3) is 0.696. The van der Waals surface area contributed by atoms with Crippen molar-refractivity contribution in [1.29, 1.82) is 0 Å². The van der Waals surface area contributed by atoms with E-state index >= 15 is 0 Å². The van der Waals surface area contributed by atoms with Gasteiger partial charge < -0.3 is 25.0 Å². The largest absolute Gasteiger partial charge is 0.481 e. The number of aliphatic carboxylic acids is 3. The Labute approximate surface area is 189 Å². The maximum atomic E-state index is 10.5. The minimum absolute atomic E-state index is 0.727. The maximum Gasteiger partial charge on any atom is 0.336 e. The number of rotatable bonds is 12. The Morgan fingerprint density at radius 1 is 1.19 bits per heavy atom. The summed E-state index contributed by atoms with van der Waals surface area (Å²) in [5, 5.41) is 34.5. The van der Waals surface area contributed by atoms with Crippen LogP contribution in [0.2, 0.25) is 0 Å². The highest BCUT2D eigenvalue weighted by atomic mass is 16.4. The fourth-order valence-electron chi connectivity index (χ4n) is 3.91. The third kappa shape index (κ3) is 10.3. The molecule has 0 amide bonds. The van der Waals surface area contributed by atoms with Gasteiger partial charge in [0.05, 0.1) is 12.7 Å². The van der Waals surface area contributed by atoms with E-state index in [-0.39, 0.29) is 0 Å². The zero-order chi connectivity index (χ0) is 24.1. The van der Waals surface area contributed by atoms with Crippen LogP contribution in [0.3, 0.4) is 0 Å². The summed E-state index contributed by atoms with van der Waals surface area (Å²) in [5.74, 6) is -5.05. The third-order valence-corrected chi connectivity index (χ3v) is 5.94. The lowest BCUT2D eigenvalue weighted by atomic mass is 9.85. The van der Waals surface area contributed by atoms with Gasteiger partial charge in [-0.1, -0.05) is 45.4 Å². The molecule has 32 heavy (non-hydrogen) atoms. The van der Waals surface area contributed by atoms with E-state index in [0.29, 0.717) is 0 Å². The van der Waals surface area contributed by atoms with Crippen LogP contribution in [0.5, 0.6) is 0 Å². The first-order valence-corrected chi connectivity index (χ1v) is 11.2. The molecule has 0 bridgehead atoms. The molecular weight excluding hydrogens is 416 g/mol. The second-order valence-electron chi connectivity index (χ2n) is 8.91. The number of carbonyl (C=O) groups is 3. The third-order valence-electron chi connectivity index (χ3n) is 5.94. The molecule has 1 aromatic rings. The predicted molar refractivity (Wildman–Crippen MR) is 118 cm³/mol. The van der Waals surface area contributed by atoms with Crippen molar-refractivity contribution in [2.45, 2.75) is 83.8 Å². The predicted octanol–water partition coefficient (Wildman–Crippen LogP) is 3.47. The lowest BCUT2D eigenvalue weighted by molar-refractivity contribution is -0.174. The number of aromatic nitrogens is 2. The fourth-order valence-corrected chi connectivity index (χ4v) is 3.91. The molecule has 3 atom stereocenters. The van der Waals surface area contributed by atoms with Gasteiger partial charge in [0.25, 0.3) is 0 Å². The number of imidazole rings is 1. The second-order valence-corrected chi connectivity index (χ2v) is 8.91. The van der Waals surface area contributed by atoms with Crippen LogP contribution in [-0.4, -0.2) is 53.5 Å². The van der Waals surface area contributed by atoms with Gasteiger partial charge in [0, 0.05) is 18.9 Å². The van der Waals surface area contributed by atoms with Gasteiger partial charge in [0.1, 0.15) is 5.92 Å². The Balaban J connectivity index is 0.000000333. The van der Waals surface area contributed by atoms with Gasteiger partial charge >= 0.3 is 17.9 Å². The van der Waals surface area contributed by atoms with E-state index in [1.165, 1.54) is 51.4 Å². The van der Waals surface area contributed by atoms with Crippen LogP contribution in [0.15, 0.2) is 18.7 Å². The summed E-state index contributed by atoms with van der Waals surface area (Å²) in [6.45, 7) is 4.17. The van der Waals surface area contributed by atoms with Gasteiger partial charge in [0.15, 0.2) is 5.60 Å². The molecule has 1 aliphatic rings. The first-order valence-electron chi connectivity index (χ1n) is 11.2. The van der Waals surface area contributed by atoms with Crippen molar-refractivity contribution in [2.75, 3.05) is 0 Å². The molecule has 1 aliphatic carbocycles. The molecule has 1 heterocycles. The zero-order valence-corrected chi connectivity index (χ0v) is 19.0. The van der Waals surface area contributed by atoms with E-state index in [4.69, 9.17) is 15.3 Å². The number of carboxylic acid groups (broad SMARTS) is 3.